The summed E-state index contributed by atoms with van der Waals surface area (Å²) in [5, 5.41) is 10.8. The number of pyridine rings is 1. The van der Waals surface area contributed by atoms with E-state index in [9.17, 15) is 22.4 Å². The van der Waals surface area contributed by atoms with E-state index in [1.165, 1.54) is 20.0 Å². The van der Waals surface area contributed by atoms with E-state index in [4.69, 9.17) is 0 Å². The van der Waals surface area contributed by atoms with E-state index >= 15 is 0 Å². The van der Waals surface area contributed by atoms with E-state index in [1.54, 1.807) is 23.1 Å². The van der Waals surface area contributed by atoms with Gasteiger partial charge in [-0.2, -0.15) is 10.1 Å². The summed E-state index contributed by atoms with van der Waals surface area (Å²) in [6, 6.07) is 3.62. The zero-order valence-corrected chi connectivity index (χ0v) is 20.8. The first-order valence-electron chi connectivity index (χ1n) is 12.3. The van der Waals surface area contributed by atoms with E-state index in [1.807, 2.05) is 12.1 Å². The van der Waals surface area contributed by atoms with Gasteiger partial charge in [0, 0.05) is 35.6 Å². The first-order valence-corrected chi connectivity index (χ1v) is 12.3. The molecule has 0 atom stereocenters. The summed E-state index contributed by atoms with van der Waals surface area (Å²) in [5.41, 5.74) is 1.56. The SMILES string of the molecule is CC(C)(F)CNC(=O)c1cnn2ccc(-c3c[nH]c4nc(NC5CCC(OC(F)(F)F)CC5)ncc34)cc12. The molecule has 0 unspecified atom stereocenters. The number of anilines is 1. The van der Waals surface area contributed by atoms with Crippen molar-refractivity contribution in [3.8, 4) is 11.1 Å². The normalized spacial score (nSPS) is 18.7. The second-order valence-electron chi connectivity index (χ2n) is 10.0. The first kappa shape index (κ1) is 25.9. The topological polar surface area (TPSA) is 109 Å². The first-order chi connectivity index (χ1) is 17.9. The highest BCUT2D eigenvalue weighted by Crippen LogP contribution is 2.31. The van der Waals surface area contributed by atoms with E-state index in [2.05, 4.69) is 35.4 Å². The van der Waals surface area contributed by atoms with E-state index in [-0.39, 0.29) is 12.6 Å². The Bertz CT molecular complexity index is 1450. The molecule has 3 N–H and O–H groups in total. The highest BCUT2D eigenvalue weighted by molar-refractivity contribution is 6.02. The fourth-order valence-electron chi connectivity index (χ4n) is 4.62. The van der Waals surface area contributed by atoms with Gasteiger partial charge in [0.05, 0.1) is 29.9 Å². The molecular weight excluding hydrogens is 506 g/mol. The van der Waals surface area contributed by atoms with Crippen LogP contribution in [-0.4, -0.2) is 61.2 Å². The van der Waals surface area contributed by atoms with Crippen LogP contribution in [0.5, 0.6) is 0 Å². The molecule has 1 fully saturated rings. The third-order valence-corrected chi connectivity index (χ3v) is 6.49. The van der Waals surface area contributed by atoms with Gasteiger partial charge in [0.15, 0.2) is 0 Å². The Labute approximate surface area is 215 Å². The second-order valence-corrected chi connectivity index (χ2v) is 10.0. The van der Waals surface area contributed by atoms with Gasteiger partial charge in [0.1, 0.15) is 11.3 Å². The van der Waals surface area contributed by atoms with Crippen molar-refractivity contribution >= 4 is 28.4 Å². The molecule has 0 spiro atoms. The fraction of sp³-hybridized carbons (Fsp3) is 0.440. The third kappa shape index (κ3) is 5.87. The average molecular weight is 534 g/mol. The van der Waals surface area contributed by atoms with Gasteiger partial charge < -0.3 is 15.6 Å². The number of carbonyl (C=O) groups is 1. The number of H-pyrrole nitrogens is 1. The van der Waals surface area contributed by atoms with E-state index in [0.717, 1.165) is 16.5 Å². The summed E-state index contributed by atoms with van der Waals surface area (Å²) in [6.07, 6.45) is 2.83. The maximum absolute atomic E-state index is 13.8. The van der Waals surface area contributed by atoms with Crippen LogP contribution in [0.3, 0.4) is 0 Å². The van der Waals surface area contributed by atoms with E-state index in [0.29, 0.717) is 48.4 Å². The number of carbonyl (C=O) groups excluding carboxylic acids is 1. The Kier molecular flexibility index (Phi) is 6.72. The summed E-state index contributed by atoms with van der Waals surface area (Å²) in [6.45, 7) is 2.65. The van der Waals surface area contributed by atoms with Crippen molar-refractivity contribution in [1.82, 2.24) is 29.9 Å². The Morgan fingerprint density at radius 2 is 1.95 bits per heavy atom. The molecule has 4 aromatic rings. The highest BCUT2D eigenvalue weighted by Gasteiger charge is 2.35. The predicted molar refractivity (Wildman–Crippen MR) is 132 cm³/mol. The molecule has 5 rings (SSSR count). The molecule has 38 heavy (non-hydrogen) atoms. The Morgan fingerprint density at radius 3 is 2.66 bits per heavy atom. The standard InChI is InChI=1S/C25H27F4N7O2/c1-24(2,26)13-32-22(37)19-12-33-36-8-7-14(9-20(19)36)17-10-30-21-18(17)11-31-23(35-21)34-15-3-5-16(6-4-15)38-25(27,28)29/h7-12,15-16H,3-6,13H2,1-2H3,(H,32,37)(H2,30,31,34,35). The van der Waals surface area contributed by atoms with Crippen molar-refractivity contribution in [1.29, 1.82) is 0 Å². The number of aromatic amines is 1. The largest absolute Gasteiger partial charge is 0.522 e. The fourth-order valence-corrected chi connectivity index (χ4v) is 4.62. The summed E-state index contributed by atoms with van der Waals surface area (Å²) in [4.78, 5) is 24.7. The molecule has 1 aliphatic carbocycles. The molecule has 0 bridgehead atoms. The van der Waals surface area contributed by atoms with Gasteiger partial charge in [0.25, 0.3) is 5.91 Å². The maximum atomic E-state index is 13.8. The van der Waals surface area contributed by atoms with Gasteiger partial charge in [0.2, 0.25) is 5.95 Å². The van der Waals surface area contributed by atoms with Crippen molar-refractivity contribution in [2.24, 2.45) is 0 Å². The zero-order chi connectivity index (χ0) is 27.1. The third-order valence-electron chi connectivity index (χ3n) is 6.49. The van der Waals surface area contributed by atoms with Crippen LogP contribution in [0.15, 0.2) is 36.9 Å². The Balaban J connectivity index is 1.31. The molecule has 0 aromatic carbocycles. The van der Waals surface area contributed by atoms with Gasteiger partial charge in [-0.1, -0.05) is 0 Å². The van der Waals surface area contributed by atoms with Crippen LogP contribution >= 0.6 is 0 Å². The minimum Gasteiger partial charge on any atom is -0.351 e. The molecule has 202 valence electrons. The number of halogens is 4. The van der Waals surface area contributed by atoms with Gasteiger partial charge in [-0.05, 0) is 57.2 Å². The molecule has 1 saturated carbocycles. The number of alkyl halides is 4. The summed E-state index contributed by atoms with van der Waals surface area (Å²) >= 11 is 0. The average Bonchev–Trinajstić information content (AvgIpc) is 3.46. The van der Waals surface area contributed by atoms with Crippen LogP contribution in [-0.2, 0) is 4.74 Å². The molecule has 1 amide bonds. The molecule has 0 radical (unpaired) electrons. The second kappa shape index (κ2) is 9.86. The van der Waals surface area contributed by atoms with Gasteiger partial charge in [-0.15, -0.1) is 13.2 Å². The number of aromatic nitrogens is 5. The summed E-state index contributed by atoms with van der Waals surface area (Å²) in [7, 11) is 0. The van der Waals surface area contributed by atoms with Crippen molar-refractivity contribution in [3.63, 3.8) is 0 Å². The summed E-state index contributed by atoms with van der Waals surface area (Å²) in [5.74, 6) is -0.0353. The lowest BCUT2D eigenvalue weighted by molar-refractivity contribution is -0.345. The highest BCUT2D eigenvalue weighted by atomic mass is 19.4. The number of hydrogen-bond acceptors (Lipinski definition) is 6. The van der Waals surface area contributed by atoms with Crippen LogP contribution in [0.4, 0.5) is 23.5 Å². The van der Waals surface area contributed by atoms with Crippen LogP contribution in [0.25, 0.3) is 27.7 Å². The molecule has 0 aliphatic heterocycles. The molecule has 0 saturated heterocycles. The minimum atomic E-state index is -4.62. The Morgan fingerprint density at radius 1 is 1.18 bits per heavy atom. The van der Waals surface area contributed by atoms with Gasteiger partial charge in [-0.25, -0.2) is 13.9 Å². The van der Waals surface area contributed by atoms with Crippen LogP contribution < -0.4 is 10.6 Å². The number of ether oxygens (including phenoxy) is 1. The molecule has 13 heteroatoms. The van der Waals surface area contributed by atoms with Crippen LogP contribution in [0.2, 0.25) is 0 Å². The summed E-state index contributed by atoms with van der Waals surface area (Å²) < 4.78 is 56.9. The zero-order valence-electron chi connectivity index (χ0n) is 20.8. The van der Waals surface area contributed by atoms with Crippen molar-refractivity contribution in [2.75, 3.05) is 11.9 Å². The van der Waals surface area contributed by atoms with Crippen LogP contribution in [0, 0.1) is 0 Å². The Hall–Kier alpha value is -3.74. The number of nitrogens with one attached hydrogen (secondary N) is 3. The molecule has 4 aromatic heterocycles. The maximum Gasteiger partial charge on any atom is 0.522 e. The molecule has 4 heterocycles. The van der Waals surface area contributed by atoms with Crippen molar-refractivity contribution < 1.29 is 27.1 Å². The number of hydrogen-bond donors (Lipinski definition) is 3. The smallest absolute Gasteiger partial charge is 0.351 e. The lowest BCUT2D eigenvalue weighted by Crippen LogP contribution is -2.35. The lowest BCUT2D eigenvalue weighted by Gasteiger charge is -2.29. The number of rotatable bonds is 7. The van der Waals surface area contributed by atoms with Crippen LogP contribution in [0.1, 0.15) is 49.9 Å². The van der Waals surface area contributed by atoms with Gasteiger partial charge >= 0.3 is 6.36 Å². The van der Waals surface area contributed by atoms with Crippen molar-refractivity contribution in [2.45, 2.75) is 63.7 Å². The minimum absolute atomic E-state index is 0.0493. The monoisotopic (exact) mass is 533 g/mol. The number of nitrogens with zero attached hydrogens (tertiary/aromatic N) is 4. The number of fused-ring (bicyclic) bond motifs is 2. The van der Waals surface area contributed by atoms with Crippen molar-refractivity contribution in [3.05, 3.63) is 42.5 Å². The lowest BCUT2D eigenvalue weighted by atomic mass is 9.93. The quantitative estimate of drug-likeness (QED) is 0.288. The van der Waals surface area contributed by atoms with E-state index < -0.39 is 24.0 Å². The molecule has 1 aliphatic rings. The molecular formula is C25H27F4N7O2. The molecule has 9 nitrogen and oxygen atoms in total. The van der Waals surface area contributed by atoms with Gasteiger partial charge in [-0.3, -0.25) is 9.53 Å². The predicted octanol–water partition coefficient (Wildman–Crippen LogP) is 5.01. The number of amides is 1.